The van der Waals surface area contributed by atoms with Gasteiger partial charge in [0.2, 0.25) is 0 Å². The van der Waals surface area contributed by atoms with Crippen molar-refractivity contribution in [2.75, 3.05) is 0 Å². The summed E-state index contributed by atoms with van der Waals surface area (Å²) in [5.41, 5.74) is 6.38. The van der Waals surface area contributed by atoms with Crippen molar-refractivity contribution in [2.45, 2.75) is 26.7 Å². The molecule has 18 heavy (non-hydrogen) atoms. The van der Waals surface area contributed by atoms with Gasteiger partial charge in [-0.1, -0.05) is 0 Å². The van der Waals surface area contributed by atoms with Crippen LogP contribution in [0.3, 0.4) is 0 Å². The monoisotopic (exact) mass is 252 g/mol. The molecule has 98 valence electrons. The molecular formula is C9H18B2N4O3. The van der Waals surface area contributed by atoms with E-state index in [0.29, 0.717) is 24.8 Å². The summed E-state index contributed by atoms with van der Waals surface area (Å²) in [6.07, 6.45) is 1.59. The molecule has 0 aliphatic carbocycles. The highest BCUT2D eigenvalue weighted by atomic mass is 16.3. The Morgan fingerprint density at radius 2 is 2.22 bits per heavy atom. The summed E-state index contributed by atoms with van der Waals surface area (Å²) < 4.78 is 5.27. The van der Waals surface area contributed by atoms with Gasteiger partial charge in [0.25, 0.3) is 0 Å². The lowest BCUT2D eigenvalue weighted by Crippen LogP contribution is -2.45. The summed E-state index contributed by atoms with van der Waals surface area (Å²) in [6.45, 7) is 3.87. The van der Waals surface area contributed by atoms with Crippen LogP contribution < -0.4 is 16.3 Å². The number of hydrogen-bond acceptors (Lipinski definition) is 5. The first kappa shape index (κ1) is 14.6. The third kappa shape index (κ3) is 5.26. The Hall–Kier alpha value is -1.44. The number of hydrogen-bond donors (Lipinski definition) is 5. The summed E-state index contributed by atoms with van der Waals surface area (Å²) in [6, 6.07) is 1.83. The zero-order chi connectivity index (χ0) is 13.5. The van der Waals surface area contributed by atoms with Gasteiger partial charge in [0.15, 0.2) is 5.96 Å². The maximum absolute atomic E-state index is 9.22. The first-order valence-corrected chi connectivity index (χ1v) is 5.72. The molecule has 0 saturated heterocycles. The van der Waals surface area contributed by atoms with Crippen LogP contribution in [0.25, 0.3) is 0 Å². The van der Waals surface area contributed by atoms with Gasteiger partial charge in [0, 0.05) is 12.1 Å². The largest absolute Gasteiger partial charge is 0.467 e. The van der Waals surface area contributed by atoms with Crippen molar-refractivity contribution in [3.05, 3.63) is 23.7 Å². The molecule has 0 unspecified atom stereocenters. The quantitative estimate of drug-likeness (QED) is 0.260. The van der Waals surface area contributed by atoms with Crippen LogP contribution in [0.15, 0.2) is 21.7 Å². The lowest BCUT2D eigenvalue weighted by Gasteiger charge is -2.12. The van der Waals surface area contributed by atoms with Crippen LogP contribution in [-0.2, 0) is 13.1 Å². The first-order valence-electron chi connectivity index (χ1n) is 5.72. The van der Waals surface area contributed by atoms with Crippen molar-refractivity contribution in [1.82, 2.24) is 10.5 Å². The Labute approximate surface area is 107 Å². The summed E-state index contributed by atoms with van der Waals surface area (Å²) >= 11 is 0. The fraction of sp³-hybridized carbons (Fsp3) is 0.444. The van der Waals surface area contributed by atoms with Crippen molar-refractivity contribution in [3.8, 4) is 0 Å². The van der Waals surface area contributed by atoms with Crippen molar-refractivity contribution < 1.29 is 14.5 Å². The highest BCUT2D eigenvalue weighted by Gasteiger charge is 2.10. The van der Waals surface area contributed by atoms with Crippen LogP contribution in [0.4, 0.5) is 0 Å². The fourth-order valence-electron chi connectivity index (χ4n) is 1.32. The minimum atomic E-state index is -0.866. The van der Waals surface area contributed by atoms with Crippen LogP contribution in [-0.4, -0.2) is 30.1 Å². The highest BCUT2D eigenvalue weighted by molar-refractivity contribution is 6.52. The number of rotatable bonds is 5. The third-order valence-corrected chi connectivity index (χ3v) is 2.04. The van der Waals surface area contributed by atoms with E-state index in [2.05, 4.69) is 15.4 Å². The predicted octanol–water partition coefficient (Wildman–Crippen LogP) is -1.01. The average molecular weight is 252 g/mol. The molecule has 0 aliphatic heterocycles. The number of nitrogens with zero attached hydrogens (tertiary/aromatic N) is 1. The van der Waals surface area contributed by atoms with Crippen molar-refractivity contribution >= 4 is 20.1 Å². The number of nitrogens with one attached hydrogen (secondary N) is 2. The Bertz CT molecular complexity index is 395. The Balaban J connectivity index is 2.56. The molecule has 0 spiro atoms. The van der Waals surface area contributed by atoms with Gasteiger partial charge in [-0.15, -0.1) is 0 Å². The van der Waals surface area contributed by atoms with Gasteiger partial charge in [0.05, 0.1) is 12.8 Å². The molecule has 0 aromatic carbocycles. The second kappa shape index (κ2) is 7.10. The maximum atomic E-state index is 9.22. The van der Waals surface area contributed by atoms with E-state index in [4.69, 9.17) is 10.2 Å². The zero-order valence-corrected chi connectivity index (χ0v) is 10.6. The molecule has 1 heterocycles. The van der Waals surface area contributed by atoms with E-state index >= 15 is 0 Å². The molecular weight excluding hydrogens is 234 g/mol. The molecule has 7 nitrogen and oxygen atoms in total. The predicted molar refractivity (Wildman–Crippen MR) is 71.7 cm³/mol. The standard InChI is InChI=1S/C9H18B2N4O3/c1-10(16)14-9(15-11(2)17)13-5-8-3-7(4-12)6-18-8/h3,6,16-17H,4-5,12H2,1-2H3,(H2,13,14,15). The first-order chi connectivity index (χ1) is 8.51. The Morgan fingerprint density at radius 3 is 2.72 bits per heavy atom. The van der Waals surface area contributed by atoms with Crippen LogP contribution in [0, 0.1) is 0 Å². The van der Waals surface area contributed by atoms with Gasteiger partial charge in [-0.2, -0.15) is 0 Å². The third-order valence-electron chi connectivity index (χ3n) is 2.04. The van der Waals surface area contributed by atoms with Crippen molar-refractivity contribution in [2.24, 2.45) is 10.6 Å². The molecule has 1 rings (SSSR count). The average Bonchev–Trinajstić information content (AvgIpc) is 2.72. The van der Waals surface area contributed by atoms with E-state index in [1.807, 2.05) is 6.07 Å². The van der Waals surface area contributed by atoms with Crippen molar-refractivity contribution in [3.63, 3.8) is 0 Å². The fourth-order valence-corrected chi connectivity index (χ4v) is 1.32. The SMILES string of the molecule is CB(O)N=C(NCc1cc(CN)co1)NB(C)O. The topological polar surface area (TPSA) is 116 Å². The smallest absolute Gasteiger partial charge is 0.431 e. The zero-order valence-electron chi connectivity index (χ0n) is 10.6. The number of nitrogens with two attached hydrogens (primary N) is 1. The molecule has 0 saturated carbocycles. The van der Waals surface area contributed by atoms with Gasteiger partial charge in [-0.05, 0) is 19.7 Å². The van der Waals surface area contributed by atoms with E-state index in [0.717, 1.165) is 5.56 Å². The Morgan fingerprint density at radius 1 is 1.50 bits per heavy atom. The second-order valence-electron chi connectivity index (χ2n) is 3.91. The van der Waals surface area contributed by atoms with Gasteiger partial charge in [0.1, 0.15) is 5.76 Å². The van der Waals surface area contributed by atoms with Gasteiger partial charge < -0.3 is 30.7 Å². The number of guanidine groups is 1. The summed E-state index contributed by atoms with van der Waals surface area (Å²) in [5, 5.41) is 24.0. The van der Waals surface area contributed by atoms with E-state index in [9.17, 15) is 10.0 Å². The van der Waals surface area contributed by atoms with Crippen LogP contribution in [0.2, 0.25) is 13.6 Å². The van der Waals surface area contributed by atoms with E-state index in [-0.39, 0.29) is 0 Å². The molecule has 0 atom stereocenters. The lowest BCUT2D eigenvalue weighted by molar-refractivity contribution is 0.499. The molecule has 0 bridgehead atoms. The molecule has 1 aromatic rings. The second-order valence-corrected chi connectivity index (χ2v) is 3.91. The minimum absolute atomic E-state index is 0.297. The molecule has 0 amide bonds. The van der Waals surface area contributed by atoms with Gasteiger partial charge >= 0.3 is 14.1 Å². The summed E-state index contributed by atoms with van der Waals surface area (Å²) in [7, 11) is -1.64. The molecule has 0 radical (unpaired) electrons. The lowest BCUT2D eigenvalue weighted by atomic mass is 9.88. The van der Waals surface area contributed by atoms with E-state index in [1.54, 1.807) is 13.1 Å². The van der Waals surface area contributed by atoms with Gasteiger partial charge in [-0.25, -0.2) is 0 Å². The van der Waals surface area contributed by atoms with E-state index in [1.165, 1.54) is 6.82 Å². The van der Waals surface area contributed by atoms with Crippen molar-refractivity contribution in [1.29, 1.82) is 0 Å². The highest BCUT2D eigenvalue weighted by Crippen LogP contribution is 2.06. The van der Waals surface area contributed by atoms with Crippen LogP contribution in [0.1, 0.15) is 11.3 Å². The van der Waals surface area contributed by atoms with E-state index < -0.39 is 14.1 Å². The van der Waals surface area contributed by atoms with Gasteiger partial charge in [-0.3, -0.25) is 4.90 Å². The minimum Gasteiger partial charge on any atom is -0.467 e. The maximum Gasteiger partial charge on any atom is 0.431 e. The summed E-state index contributed by atoms with van der Waals surface area (Å²) in [5.74, 6) is 0.992. The van der Waals surface area contributed by atoms with Crippen LogP contribution in [0.5, 0.6) is 0 Å². The molecule has 0 fully saturated rings. The molecule has 9 heteroatoms. The molecule has 6 N–H and O–H groups in total. The normalized spacial score (nSPS) is 11.3. The Kier molecular flexibility index (Phi) is 5.76. The van der Waals surface area contributed by atoms with Crippen LogP contribution >= 0.6 is 0 Å². The molecule has 0 aliphatic rings. The number of furan rings is 1. The summed E-state index contributed by atoms with van der Waals surface area (Å²) in [4.78, 5) is 3.88. The molecule has 1 aromatic heterocycles.